The van der Waals surface area contributed by atoms with Crippen molar-refractivity contribution >= 4 is 23.6 Å². The van der Waals surface area contributed by atoms with Crippen LogP contribution in [0.1, 0.15) is 20.3 Å². The molecule has 0 aromatic heterocycles. The largest absolute Gasteiger partial charge is 0.464 e. The molecule has 0 saturated carbocycles. The molecule has 6 nitrogen and oxygen atoms in total. The van der Waals surface area contributed by atoms with E-state index in [1.165, 1.54) is 0 Å². The lowest BCUT2D eigenvalue weighted by atomic mass is 9.93. The number of aliphatic hydroxyl groups excluding tert-OH is 1. The van der Waals surface area contributed by atoms with Gasteiger partial charge in [-0.1, -0.05) is 0 Å². The van der Waals surface area contributed by atoms with Crippen LogP contribution in [0.5, 0.6) is 0 Å². The topological polar surface area (TPSA) is 92.9 Å². The highest BCUT2D eigenvalue weighted by Crippen LogP contribution is 2.45. The lowest BCUT2D eigenvalue weighted by Gasteiger charge is -2.43. The van der Waals surface area contributed by atoms with E-state index in [1.54, 1.807) is 30.5 Å². The molecule has 0 radical (unpaired) electrons. The van der Waals surface area contributed by atoms with Gasteiger partial charge in [-0.2, -0.15) is 0 Å². The zero-order valence-corrected chi connectivity index (χ0v) is 11.9. The lowest BCUT2D eigenvalue weighted by Crippen LogP contribution is -2.60. The molecular formula is C12H20N2O4S. The molecular weight excluding hydrogens is 268 g/mol. The molecule has 0 aliphatic carbocycles. The number of hydrogen-bond donors (Lipinski definition) is 2. The van der Waals surface area contributed by atoms with Crippen molar-refractivity contribution in [1.82, 2.24) is 4.90 Å². The number of thioether (sulfide) groups is 1. The summed E-state index contributed by atoms with van der Waals surface area (Å²) in [6.45, 7) is 4.24. The molecule has 2 heterocycles. The van der Waals surface area contributed by atoms with Crippen LogP contribution < -0.4 is 5.73 Å². The second kappa shape index (κ2) is 5.68. The number of nitrogens with two attached hydrogens (primary N) is 1. The van der Waals surface area contributed by atoms with Crippen LogP contribution in [0.25, 0.3) is 0 Å². The smallest absolute Gasteiger partial charge is 0.322 e. The van der Waals surface area contributed by atoms with Crippen LogP contribution in [0, 0.1) is 5.92 Å². The molecule has 5 atom stereocenters. The number of carbonyl (C=O) groups excluding carboxylic acids is 2. The Morgan fingerprint density at radius 1 is 1.63 bits per heavy atom. The van der Waals surface area contributed by atoms with E-state index >= 15 is 0 Å². The van der Waals surface area contributed by atoms with Gasteiger partial charge in [-0.25, -0.2) is 0 Å². The van der Waals surface area contributed by atoms with E-state index in [2.05, 4.69) is 0 Å². The summed E-state index contributed by atoms with van der Waals surface area (Å²) >= 11 is 1.68. The summed E-state index contributed by atoms with van der Waals surface area (Å²) in [7, 11) is 0. The standard InChI is InChI=1S/C12H20N2O4S/c1-6(13)12(17)18-4-3-8-5-14-10(16)9(7(2)15)11(14)19-8/h6-9,11,15H,3-5,13H2,1-2H3/t6?,7-,8?,9+,11-/m1/s1. The van der Waals surface area contributed by atoms with E-state index in [0.717, 1.165) is 0 Å². The van der Waals surface area contributed by atoms with Crippen LogP contribution in [0.15, 0.2) is 0 Å². The van der Waals surface area contributed by atoms with Gasteiger partial charge in [-0.05, 0) is 20.3 Å². The first-order valence-corrected chi connectivity index (χ1v) is 7.42. The predicted octanol–water partition coefficient (Wildman–Crippen LogP) is -0.452. The number of hydrogen-bond acceptors (Lipinski definition) is 6. The van der Waals surface area contributed by atoms with Crippen molar-refractivity contribution in [3.05, 3.63) is 0 Å². The average Bonchev–Trinajstić information content (AvgIpc) is 2.67. The molecule has 108 valence electrons. The maximum atomic E-state index is 11.8. The molecule has 2 fully saturated rings. The van der Waals surface area contributed by atoms with Crippen molar-refractivity contribution in [2.24, 2.45) is 11.7 Å². The van der Waals surface area contributed by atoms with E-state index in [9.17, 15) is 14.7 Å². The van der Waals surface area contributed by atoms with Crippen LogP contribution in [0.3, 0.4) is 0 Å². The van der Waals surface area contributed by atoms with Gasteiger partial charge in [0.1, 0.15) is 6.04 Å². The maximum absolute atomic E-state index is 11.8. The van der Waals surface area contributed by atoms with Crippen molar-refractivity contribution in [2.75, 3.05) is 13.2 Å². The van der Waals surface area contributed by atoms with Gasteiger partial charge < -0.3 is 20.5 Å². The summed E-state index contributed by atoms with van der Waals surface area (Å²) in [4.78, 5) is 24.7. The highest BCUT2D eigenvalue weighted by Gasteiger charge is 2.54. The first-order chi connectivity index (χ1) is 8.91. The summed E-state index contributed by atoms with van der Waals surface area (Å²) < 4.78 is 5.03. The average molecular weight is 288 g/mol. The minimum absolute atomic E-state index is 0.0302. The van der Waals surface area contributed by atoms with E-state index in [0.29, 0.717) is 19.6 Å². The van der Waals surface area contributed by atoms with E-state index in [4.69, 9.17) is 10.5 Å². The zero-order chi connectivity index (χ0) is 14.2. The molecule has 2 saturated heterocycles. The number of ether oxygens (including phenoxy) is 1. The van der Waals surface area contributed by atoms with Crippen LogP contribution >= 0.6 is 11.8 Å². The van der Waals surface area contributed by atoms with Gasteiger partial charge in [0, 0.05) is 11.8 Å². The highest BCUT2D eigenvalue weighted by atomic mass is 32.2. The third-order valence-electron chi connectivity index (χ3n) is 3.49. The Bertz CT molecular complexity index is 375. The first-order valence-electron chi connectivity index (χ1n) is 6.48. The van der Waals surface area contributed by atoms with Crippen LogP contribution in [-0.2, 0) is 14.3 Å². The fourth-order valence-electron chi connectivity index (χ4n) is 2.39. The fourth-order valence-corrected chi connectivity index (χ4v) is 4.11. The van der Waals surface area contributed by atoms with Gasteiger partial charge in [-0.3, -0.25) is 9.59 Å². The van der Waals surface area contributed by atoms with Crippen molar-refractivity contribution in [3.8, 4) is 0 Å². The number of β-lactam (4-membered cyclic amide) rings is 1. The van der Waals surface area contributed by atoms with Crippen molar-refractivity contribution in [3.63, 3.8) is 0 Å². The van der Waals surface area contributed by atoms with Gasteiger partial charge >= 0.3 is 5.97 Å². The molecule has 0 bridgehead atoms. The summed E-state index contributed by atoms with van der Waals surface area (Å²) in [5.41, 5.74) is 5.39. The molecule has 2 rings (SSSR count). The van der Waals surface area contributed by atoms with Gasteiger partial charge in [0.25, 0.3) is 0 Å². The molecule has 2 aliphatic rings. The number of aliphatic hydroxyl groups is 1. The molecule has 2 aliphatic heterocycles. The Hall–Kier alpha value is -0.790. The van der Waals surface area contributed by atoms with Crippen LogP contribution in [0.2, 0.25) is 0 Å². The molecule has 2 unspecified atom stereocenters. The first kappa shape index (κ1) is 14.6. The van der Waals surface area contributed by atoms with Crippen molar-refractivity contribution in [2.45, 2.75) is 43.0 Å². The van der Waals surface area contributed by atoms with Crippen LogP contribution in [0.4, 0.5) is 0 Å². The van der Waals surface area contributed by atoms with Crippen molar-refractivity contribution < 1.29 is 19.4 Å². The van der Waals surface area contributed by atoms with Crippen molar-refractivity contribution in [1.29, 1.82) is 0 Å². The molecule has 7 heteroatoms. The second-order valence-corrected chi connectivity index (χ2v) is 6.57. The van der Waals surface area contributed by atoms with Gasteiger partial charge in [0.15, 0.2) is 0 Å². The van der Waals surface area contributed by atoms with Gasteiger partial charge in [0.2, 0.25) is 5.91 Å². The third-order valence-corrected chi connectivity index (χ3v) is 5.09. The molecule has 0 aromatic carbocycles. The number of amides is 1. The van der Waals surface area contributed by atoms with Gasteiger partial charge in [-0.15, -0.1) is 11.8 Å². The number of carbonyl (C=O) groups is 2. The Labute approximate surface area is 116 Å². The SMILES string of the molecule is CC(N)C(=O)OCCC1CN2C(=O)[C@H]([C@@H](C)O)[C@H]2S1. The van der Waals surface area contributed by atoms with Crippen LogP contribution in [-0.4, -0.2) is 57.8 Å². The number of rotatable bonds is 5. The Balaban J connectivity index is 1.74. The predicted molar refractivity (Wildman–Crippen MR) is 71.3 cm³/mol. The third kappa shape index (κ3) is 2.88. The molecule has 0 aromatic rings. The zero-order valence-electron chi connectivity index (χ0n) is 11.1. The monoisotopic (exact) mass is 288 g/mol. The number of fused-ring (bicyclic) bond motifs is 1. The summed E-state index contributed by atoms with van der Waals surface area (Å²) in [5.74, 6) is -0.645. The maximum Gasteiger partial charge on any atom is 0.322 e. The Kier molecular flexibility index (Phi) is 4.37. The Morgan fingerprint density at radius 2 is 2.32 bits per heavy atom. The molecule has 3 N–H and O–H groups in total. The van der Waals surface area contributed by atoms with E-state index in [1.807, 2.05) is 0 Å². The Morgan fingerprint density at radius 3 is 2.89 bits per heavy atom. The molecule has 1 amide bonds. The normalized spacial score (nSPS) is 32.5. The highest BCUT2D eigenvalue weighted by molar-refractivity contribution is 8.00. The fraction of sp³-hybridized carbons (Fsp3) is 0.833. The summed E-state index contributed by atoms with van der Waals surface area (Å²) in [6.07, 6.45) is 0.103. The molecule has 0 spiro atoms. The van der Waals surface area contributed by atoms with E-state index in [-0.39, 0.29) is 22.4 Å². The molecule has 19 heavy (non-hydrogen) atoms. The van der Waals surface area contributed by atoms with Gasteiger partial charge in [0.05, 0.1) is 24.0 Å². The number of esters is 1. The summed E-state index contributed by atoms with van der Waals surface area (Å²) in [5, 5.41) is 9.89. The quantitative estimate of drug-likeness (QED) is 0.526. The lowest BCUT2D eigenvalue weighted by molar-refractivity contribution is -0.155. The number of nitrogens with zero attached hydrogens (tertiary/aromatic N) is 1. The minimum atomic E-state index is -0.601. The second-order valence-electron chi connectivity index (χ2n) is 5.15. The van der Waals surface area contributed by atoms with E-state index < -0.39 is 18.1 Å². The summed E-state index contributed by atoms with van der Waals surface area (Å²) in [6, 6.07) is -0.600. The minimum Gasteiger partial charge on any atom is -0.464 e.